The molecule has 0 aliphatic carbocycles. The maximum Gasteiger partial charge on any atom is 0.164 e. The van der Waals surface area contributed by atoms with Crippen molar-refractivity contribution in [3.05, 3.63) is 65.2 Å². The fourth-order valence-electron chi connectivity index (χ4n) is 2.93. The minimum Gasteiger partial charge on any atom is -0.497 e. The van der Waals surface area contributed by atoms with Crippen LogP contribution >= 0.6 is 0 Å². The number of benzene rings is 2. The number of Topliss-reactive ketones (excluding diaryl/α,β-unsaturated/α-hetero) is 1. The van der Waals surface area contributed by atoms with Gasteiger partial charge in [0, 0.05) is 31.6 Å². The molecule has 0 amide bonds. The molecule has 0 unspecified atom stereocenters. The molecule has 3 heteroatoms. The SMILES string of the molecule is COc1ccc(C(=O)CCN2CCc3ccccc3C2)cc1. The summed E-state index contributed by atoms with van der Waals surface area (Å²) in [5.74, 6) is 0.977. The zero-order valence-corrected chi connectivity index (χ0v) is 12.9. The minimum atomic E-state index is 0.196. The first-order valence-corrected chi connectivity index (χ1v) is 7.72. The Kier molecular flexibility index (Phi) is 4.54. The lowest BCUT2D eigenvalue weighted by Gasteiger charge is -2.28. The highest BCUT2D eigenvalue weighted by atomic mass is 16.5. The molecule has 0 fully saturated rings. The van der Waals surface area contributed by atoms with Gasteiger partial charge in [-0.2, -0.15) is 0 Å². The molecule has 2 aromatic rings. The summed E-state index contributed by atoms with van der Waals surface area (Å²) in [5, 5.41) is 0. The Hall–Kier alpha value is -2.13. The van der Waals surface area contributed by atoms with E-state index in [1.165, 1.54) is 11.1 Å². The molecule has 3 rings (SSSR count). The largest absolute Gasteiger partial charge is 0.497 e. The maximum atomic E-state index is 12.3. The standard InChI is InChI=1S/C19H21NO2/c1-22-18-8-6-16(7-9-18)19(21)11-13-20-12-10-15-4-2-3-5-17(15)14-20/h2-9H,10-14H2,1H3. The molecule has 0 saturated carbocycles. The van der Waals surface area contributed by atoms with Gasteiger partial charge in [-0.05, 0) is 41.8 Å². The van der Waals surface area contributed by atoms with Crippen LogP contribution < -0.4 is 4.74 Å². The summed E-state index contributed by atoms with van der Waals surface area (Å²) in [6.45, 7) is 2.80. The second-order valence-corrected chi connectivity index (χ2v) is 5.70. The molecular formula is C19H21NO2. The summed E-state index contributed by atoms with van der Waals surface area (Å²) in [4.78, 5) is 14.6. The number of nitrogens with zero attached hydrogens (tertiary/aromatic N) is 1. The molecule has 2 aromatic carbocycles. The molecule has 1 heterocycles. The number of hydrogen-bond donors (Lipinski definition) is 0. The molecule has 1 aliphatic heterocycles. The topological polar surface area (TPSA) is 29.5 Å². The number of ether oxygens (including phenoxy) is 1. The molecule has 0 bridgehead atoms. The van der Waals surface area contributed by atoms with Gasteiger partial charge in [0.05, 0.1) is 7.11 Å². The van der Waals surface area contributed by atoms with Crippen LogP contribution in [0.3, 0.4) is 0 Å². The molecule has 0 aromatic heterocycles. The van der Waals surface area contributed by atoms with E-state index in [0.717, 1.165) is 37.4 Å². The summed E-state index contributed by atoms with van der Waals surface area (Å²) in [7, 11) is 1.63. The van der Waals surface area contributed by atoms with E-state index in [4.69, 9.17) is 4.74 Å². The van der Waals surface area contributed by atoms with Crippen molar-refractivity contribution >= 4 is 5.78 Å². The molecule has 1 aliphatic rings. The normalized spacial score (nSPS) is 14.4. The third kappa shape index (κ3) is 3.37. The van der Waals surface area contributed by atoms with Gasteiger partial charge in [0.25, 0.3) is 0 Å². The van der Waals surface area contributed by atoms with E-state index >= 15 is 0 Å². The number of fused-ring (bicyclic) bond motifs is 1. The van der Waals surface area contributed by atoms with Crippen LogP contribution in [0.1, 0.15) is 27.9 Å². The fraction of sp³-hybridized carbons (Fsp3) is 0.316. The summed E-state index contributed by atoms with van der Waals surface area (Å²) in [6, 6.07) is 15.9. The smallest absolute Gasteiger partial charge is 0.164 e. The zero-order chi connectivity index (χ0) is 15.4. The molecule has 3 nitrogen and oxygen atoms in total. The Balaban J connectivity index is 1.55. The van der Waals surface area contributed by atoms with Gasteiger partial charge < -0.3 is 4.74 Å². The molecule has 0 saturated heterocycles. The van der Waals surface area contributed by atoms with E-state index in [0.29, 0.717) is 6.42 Å². The summed E-state index contributed by atoms with van der Waals surface area (Å²) < 4.78 is 5.12. The summed E-state index contributed by atoms with van der Waals surface area (Å²) in [5.41, 5.74) is 3.60. The van der Waals surface area contributed by atoms with Crippen LogP contribution in [0.4, 0.5) is 0 Å². The van der Waals surface area contributed by atoms with Crippen LogP contribution in [0.25, 0.3) is 0 Å². The van der Waals surface area contributed by atoms with Crippen molar-refractivity contribution in [1.82, 2.24) is 4.90 Å². The van der Waals surface area contributed by atoms with Gasteiger partial charge in [-0.1, -0.05) is 24.3 Å². The highest BCUT2D eigenvalue weighted by molar-refractivity contribution is 5.96. The molecule has 0 radical (unpaired) electrons. The first-order valence-electron chi connectivity index (χ1n) is 7.72. The van der Waals surface area contributed by atoms with Crippen LogP contribution in [0, 0.1) is 0 Å². The van der Waals surface area contributed by atoms with Gasteiger partial charge in [0.2, 0.25) is 0 Å². The first kappa shape index (κ1) is 14.8. The monoisotopic (exact) mass is 295 g/mol. The highest BCUT2D eigenvalue weighted by Crippen LogP contribution is 2.19. The third-order valence-electron chi connectivity index (χ3n) is 4.28. The van der Waals surface area contributed by atoms with Gasteiger partial charge in [-0.25, -0.2) is 0 Å². The lowest BCUT2D eigenvalue weighted by molar-refractivity contribution is 0.0960. The zero-order valence-electron chi connectivity index (χ0n) is 12.9. The van der Waals surface area contributed by atoms with Crippen molar-refractivity contribution < 1.29 is 9.53 Å². The number of carbonyl (C=O) groups is 1. The molecule has 0 spiro atoms. The van der Waals surface area contributed by atoms with Gasteiger partial charge >= 0.3 is 0 Å². The van der Waals surface area contributed by atoms with E-state index in [9.17, 15) is 4.79 Å². The Labute approximate surface area is 131 Å². The molecule has 114 valence electrons. The number of methoxy groups -OCH3 is 1. The Morgan fingerprint density at radius 3 is 2.55 bits per heavy atom. The lowest BCUT2D eigenvalue weighted by atomic mass is 9.99. The van der Waals surface area contributed by atoms with E-state index in [1.807, 2.05) is 24.3 Å². The predicted octanol–water partition coefficient (Wildman–Crippen LogP) is 3.33. The average molecular weight is 295 g/mol. The van der Waals surface area contributed by atoms with E-state index < -0.39 is 0 Å². The number of carbonyl (C=O) groups excluding carboxylic acids is 1. The molecule has 0 N–H and O–H groups in total. The van der Waals surface area contributed by atoms with Crippen molar-refractivity contribution in [2.24, 2.45) is 0 Å². The fourth-order valence-corrected chi connectivity index (χ4v) is 2.93. The minimum absolute atomic E-state index is 0.196. The first-order chi connectivity index (χ1) is 10.8. The van der Waals surface area contributed by atoms with Gasteiger partial charge in [0.15, 0.2) is 5.78 Å². The quantitative estimate of drug-likeness (QED) is 0.792. The van der Waals surface area contributed by atoms with E-state index in [-0.39, 0.29) is 5.78 Å². The van der Waals surface area contributed by atoms with Crippen molar-refractivity contribution in [3.63, 3.8) is 0 Å². The Morgan fingerprint density at radius 1 is 1.09 bits per heavy atom. The van der Waals surface area contributed by atoms with Crippen LogP contribution in [0.15, 0.2) is 48.5 Å². The second-order valence-electron chi connectivity index (χ2n) is 5.70. The maximum absolute atomic E-state index is 12.3. The number of hydrogen-bond acceptors (Lipinski definition) is 3. The second kappa shape index (κ2) is 6.75. The number of ketones is 1. The molecular weight excluding hydrogens is 274 g/mol. The van der Waals surface area contributed by atoms with Crippen molar-refractivity contribution in [3.8, 4) is 5.75 Å². The highest BCUT2D eigenvalue weighted by Gasteiger charge is 2.16. The van der Waals surface area contributed by atoms with Crippen molar-refractivity contribution in [2.45, 2.75) is 19.4 Å². The van der Waals surface area contributed by atoms with Gasteiger partial charge in [0.1, 0.15) is 5.75 Å². The van der Waals surface area contributed by atoms with Crippen molar-refractivity contribution in [2.75, 3.05) is 20.2 Å². The Bertz CT molecular complexity index is 649. The van der Waals surface area contributed by atoms with Gasteiger partial charge in [-0.3, -0.25) is 9.69 Å². The van der Waals surface area contributed by atoms with Crippen LogP contribution in [-0.2, 0) is 13.0 Å². The Morgan fingerprint density at radius 2 is 1.82 bits per heavy atom. The average Bonchev–Trinajstić information content (AvgIpc) is 2.59. The summed E-state index contributed by atoms with van der Waals surface area (Å²) in [6.07, 6.45) is 1.64. The van der Waals surface area contributed by atoms with Gasteiger partial charge in [-0.15, -0.1) is 0 Å². The number of rotatable bonds is 5. The van der Waals surface area contributed by atoms with Crippen molar-refractivity contribution in [1.29, 1.82) is 0 Å². The summed E-state index contributed by atoms with van der Waals surface area (Å²) >= 11 is 0. The lowest BCUT2D eigenvalue weighted by Crippen LogP contribution is -2.32. The van der Waals surface area contributed by atoms with E-state index in [2.05, 4.69) is 29.2 Å². The third-order valence-corrected chi connectivity index (χ3v) is 4.28. The molecule has 0 atom stereocenters. The van der Waals surface area contributed by atoms with Crippen LogP contribution in [-0.4, -0.2) is 30.9 Å². The predicted molar refractivity (Wildman–Crippen MR) is 87.4 cm³/mol. The van der Waals surface area contributed by atoms with Crippen LogP contribution in [0.5, 0.6) is 5.75 Å². The van der Waals surface area contributed by atoms with Crippen LogP contribution in [0.2, 0.25) is 0 Å². The molecule has 22 heavy (non-hydrogen) atoms. The van der Waals surface area contributed by atoms with E-state index in [1.54, 1.807) is 7.11 Å².